The summed E-state index contributed by atoms with van der Waals surface area (Å²) in [7, 11) is 2.04. The van der Waals surface area contributed by atoms with Gasteiger partial charge in [0.1, 0.15) is 23.6 Å². The van der Waals surface area contributed by atoms with Crippen molar-refractivity contribution in [1.29, 1.82) is 5.26 Å². The first kappa shape index (κ1) is 29.8. The summed E-state index contributed by atoms with van der Waals surface area (Å²) in [6, 6.07) is 13.9. The Morgan fingerprint density at radius 3 is 2.68 bits per heavy atom. The molecule has 1 N–H and O–H groups in total. The Morgan fingerprint density at radius 1 is 1.11 bits per heavy atom. The molecule has 0 spiro atoms. The van der Waals surface area contributed by atoms with E-state index in [1.807, 2.05) is 55.3 Å². The first-order valence-corrected chi connectivity index (χ1v) is 14.8. The topological polar surface area (TPSA) is 99.4 Å². The second kappa shape index (κ2) is 12.4. The van der Waals surface area contributed by atoms with E-state index in [0.29, 0.717) is 49.4 Å². The van der Waals surface area contributed by atoms with Crippen LogP contribution < -0.4 is 19.7 Å². The van der Waals surface area contributed by atoms with Crippen molar-refractivity contribution in [1.82, 2.24) is 25.2 Å². The van der Waals surface area contributed by atoms with Gasteiger partial charge in [-0.2, -0.15) is 28.4 Å². The molecular formula is C32H34F3N7O2. The molecule has 44 heavy (non-hydrogen) atoms. The van der Waals surface area contributed by atoms with Gasteiger partial charge in [-0.15, -0.1) is 0 Å². The van der Waals surface area contributed by atoms with E-state index in [9.17, 15) is 18.4 Å². The zero-order chi connectivity index (χ0) is 30.8. The summed E-state index contributed by atoms with van der Waals surface area (Å²) in [5, 5.41) is 14.9. The Labute approximate surface area is 253 Å². The minimum atomic E-state index is -4.58. The number of hydrogen-bond acceptors (Lipinski definition) is 9. The molecule has 0 radical (unpaired) electrons. The van der Waals surface area contributed by atoms with Crippen molar-refractivity contribution in [2.75, 3.05) is 51.3 Å². The highest BCUT2D eigenvalue weighted by molar-refractivity contribution is 6.03. The number of hydrogen-bond donors (Lipinski definition) is 1. The van der Waals surface area contributed by atoms with Gasteiger partial charge in [-0.25, -0.2) is 0 Å². The monoisotopic (exact) mass is 605 g/mol. The number of likely N-dealkylation sites (N-methyl/N-ethyl adjacent to an activating group) is 1. The standard InChI is InChI=1S/C32H34F3N7O2/c1-20-6-3-7-21-8-4-10-24(26(20)21)27-29(44-19-32(33,34)35)28-25(16-38-27)30(42-15-13-37-22(17-42)11-12-36)40-31(39-28)43-18-23-9-5-14-41(23)2/h3-4,6-8,10,16,22-23,37H,5,9,11,13-15,17-19H2,1-2H3/t22-,23-/m0/s1. The molecule has 2 aliphatic heterocycles. The number of nitrogens with zero attached hydrogens (tertiary/aromatic N) is 6. The van der Waals surface area contributed by atoms with Crippen molar-refractivity contribution in [3.8, 4) is 29.1 Å². The number of alkyl halides is 3. The third-order valence-corrected chi connectivity index (χ3v) is 8.38. The summed E-state index contributed by atoms with van der Waals surface area (Å²) < 4.78 is 52.7. The van der Waals surface area contributed by atoms with E-state index >= 15 is 0 Å². The summed E-state index contributed by atoms with van der Waals surface area (Å²) in [5.74, 6) is 0.407. The van der Waals surface area contributed by atoms with Crippen LogP contribution in [-0.2, 0) is 0 Å². The molecule has 2 aromatic heterocycles. The fraction of sp³-hybridized carbons (Fsp3) is 0.438. The third-order valence-electron chi connectivity index (χ3n) is 8.38. The maximum atomic E-state index is 13.6. The normalized spacial score (nSPS) is 19.4. The van der Waals surface area contributed by atoms with E-state index in [-0.39, 0.29) is 35.1 Å². The molecule has 2 atom stereocenters. The molecule has 2 aliphatic rings. The van der Waals surface area contributed by atoms with E-state index in [1.54, 1.807) is 6.20 Å². The molecule has 2 aromatic carbocycles. The van der Waals surface area contributed by atoms with Gasteiger partial charge in [0.2, 0.25) is 0 Å². The molecule has 0 saturated carbocycles. The number of nitrogens with one attached hydrogen (secondary N) is 1. The molecule has 6 rings (SSSR count). The molecule has 2 saturated heterocycles. The number of aryl methyl sites for hydroxylation is 1. The first-order chi connectivity index (χ1) is 21.2. The van der Waals surface area contributed by atoms with Gasteiger partial charge in [0.15, 0.2) is 12.4 Å². The van der Waals surface area contributed by atoms with Gasteiger partial charge in [-0.05, 0) is 49.7 Å². The highest BCUT2D eigenvalue weighted by Crippen LogP contribution is 2.41. The van der Waals surface area contributed by atoms with Gasteiger partial charge in [0, 0.05) is 43.5 Å². The molecule has 0 aliphatic carbocycles. The van der Waals surface area contributed by atoms with E-state index in [1.165, 1.54) is 0 Å². The Balaban J connectivity index is 1.54. The molecule has 230 valence electrons. The van der Waals surface area contributed by atoms with Crippen molar-refractivity contribution in [3.05, 3.63) is 48.2 Å². The van der Waals surface area contributed by atoms with Crippen LogP contribution in [0.25, 0.3) is 32.9 Å². The molecule has 0 unspecified atom stereocenters. The average Bonchev–Trinajstić information content (AvgIpc) is 3.42. The van der Waals surface area contributed by atoms with Crippen LogP contribution in [0.1, 0.15) is 24.8 Å². The van der Waals surface area contributed by atoms with E-state index < -0.39 is 12.8 Å². The van der Waals surface area contributed by atoms with Gasteiger partial charge in [0.25, 0.3) is 0 Å². The third kappa shape index (κ3) is 6.21. The largest absolute Gasteiger partial charge is 0.480 e. The second-order valence-electron chi connectivity index (χ2n) is 11.5. The number of aromatic nitrogens is 3. The Hall–Kier alpha value is -4.21. The zero-order valence-electron chi connectivity index (χ0n) is 24.7. The number of fused-ring (bicyclic) bond motifs is 2. The van der Waals surface area contributed by atoms with Crippen LogP contribution in [0.2, 0.25) is 0 Å². The lowest BCUT2D eigenvalue weighted by Gasteiger charge is -2.34. The fourth-order valence-electron chi connectivity index (χ4n) is 6.17. The van der Waals surface area contributed by atoms with Gasteiger partial charge >= 0.3 is 12.2 Å². The summed E-state index contributed by atoms with van der Waals surface area (Å²) in [5.41, 5.74) is 2.06. The zero-order valence-corrected chi connectivity index (χ0v) is 24.7. The lowest BCUT2D eigenvalue weighted by molar-refractivity contribution is -0.153. The molecule has 2 fully saturated rings. The second-order valence-corrected chi connectivity index (χ2v) is 11.5. The Kier molecular flexibility index (Phi) is 8.42. The number of piperazine rings is 1. The highest BCUT2D eigenvalue weighted by Gasteiger charge is 2.32. The number of anilines is 1. The Bertz CT molecular complexity index is 1700. The number of halogens is 3. The number of ether oxygens (including phenoxy) is 2. The van der Waals surface area contributed by atoms with E-state index in [0.717, 1.165) is 35.7 Å². The fourth-order valence-corrected chi connectivity index (χ4v) is 6.17. The minimum Gasteiger partial charge on any atom is -0.480 e. The van der Waals surface area contributed by atoms with E-state index in [2.05, 4.69) is 21.3 Å². The Morgan fingerprint density at radius 2 is 1.93 bits per heavy atom. The quantitative estimate of drug-likeness (QED) is 0.288. The highest BCUT2D eigenvalue weighted by atomic mass is 19.4. The van der Waals surface area contributed by atoms with Gasteiger partial charge < -0.3 is 24.6 Å². The molecule has 4 aromatic rings. The molecule has 12 heteroatoms. The van der Waals surface area contributed by atoms with Crippen LogP contribution in [0.3, 0.4) is 0 Å². The summed E-state index contributed by atoms with van der Waals surface area (Å²) in [6.07, 6.45) is -0.643. The van der Waals surface area contributed by atoms with Crippen LogP contribution >= 0.6 is 0 Å². The summed E-state index contributed by atoms with van der Waals surface area (Å²) >= 11 is 0. The molecule has 0 amide bonds. The van der Waals surface area contributed by atoms with Crippen LogP contribution in [-0.4, -0.2) is 84.6 Å². The number of rotatable bonds is 8. The van der Waals surface area contributed by atoms with Crippen molar-refractivity contribution in [3.63, 3.8) is 0 Å². The summed E-state index contributed by atoms with van der Waals surface area (Å²) in [4.78, 5) is 18.4. The molecule has 9 nitrogen and oxygen atoms in total. The number of benzene rings is 2. The number of pyridine rings is 1. The molecule has 4 heterocycles. The predicted molar refractivity (Wildman–Crippen MR) is 162 cm³/mol. The van der Waals surface area contributed by atoms with E-state index in [4.69, 9.17) is 19.4 Å². The van der Waals surface area contributed by atoms with Gasteiger partial charge in [0.05, 0.1) is 17.9 Å². The van der Waals surface area contributed by atoms with Crippen molar-refractivity contribution < 1.29 is 22.6 Å². The van der Waals surface area contributed by atoms with Gasteiger partial charge in [-0.1, -0.05) is 36.4 Å². The van der Waals surface area contributed by atoms with Crippen molar-refractivity contribution in [2.24, 2.45) is 0 Å². The maximum absolute atomic E-state index is 13.6. The smallest absolute Gasteiger partial charge is 0.422 e. The van der Waals surface area contributed by atoms with Crippen LogP contribution in [0.15, 0.2) is 42.6 Å². The maximum Gasteiger partial charge on any atom is 0.422 e. The summed E-state index contributed by atoms with van der Waals surface area (Å²) in [6.45, 7) is 3.42. The van der Waals surface area contributed by atoms with Crippen LogP contribution in [0.4, 0.5) is 19.0 Å². The first-order valence-electron chi connectivity index (χ1n) is 14.8. The van der Waals surface area contributed by atoms with Crippen molar-refractivity contribution >= 4 is 27.5 Å². The minimum absolute atomic E-state index is 0.0614. The lowest BCUT2D eigenvalue weighted by Crippen LogP contribution is -2.51. The number of likely N-dealkylation sites (tertiary alicyclic amines) is 1. The SMILES string of the molecule is Cc1cccc2cccc(-c3ncc4c(N5CCN[C@@H](CC#N)C5)nc(OC[C@@H]5CCCN5C)nc4c3OCC(F)(F)F)c12. The van der Waals surface area contributed by atoms with Crippen molar-refractivity contribution in [2.45, 2.75) is 44.4 Å². The van der Waals surface area contributed by atoms with Gasteiger partial charge in [-0.3, -0.25) is 4.98 Å². The lowest BCUT2D eigenvalue weighted by atomic mass is 9.97. The predicted octanol–water partition coefficient (Wildman–Crippen LogP) is 5.26. The van der Waals surface area contributed by atoms with Crippen LogP contribution in [0, 0.1) is 18.3 Å². The molecular weight excluding hydrogens is 571 g/mol. The van der Waals surface area contributed by atoms with Crippen LogP contribution in [0.5, 0.6) is 11.8 Å². The number of nitriles is 1. The molecule has 0 bridgehead atoms. The average molecular weight is 606 g/mol.